The van der Waals surface area contributed by atoms with E-state index in [0.29, 0.717) is 27.8 Å². The second-order valence-corrected chi connectivity index (χ2v) is 6.90. The fraction of sp³-hybridized carbons (Fsp3) is 0.278. The van der Waals surface area contributed by atoms with Crippen LogP contribution < -0.4 is 10.5 Å². The summed E-state index contributed by atoms with van der Waals surface area (Å²) in [5, 5.41) is 10.0. The Bertz CT molecular complexity index is 741. The number of ether oxygens (including phenoxy) is 1. The minimum atomic E-state index is -0.997. The highest BCUT2D eigenvalue weighted by atomic mass is 35.5. The van der Waals surface area contributed by atoms with Crippen molar-refractivity contribution in [2.24, 2.45) is 0 Å². The maximum Gasteiger partial charge on any atom is 0.408 e. The Labute approximate surface area is 146 Å². The minimum Gasteiger partial charge on any atom is -0.465 e. The second-order valence-electron chi connectivity index (χ2n) is 6.46. The molecular formula is C18H21ClN2O3. The van der Waals surface area contributed by atoms with E-state index in [0.717, 1.165) is 0 Å². The van der Waals surface area contributed by atoms with Crippen LogP contribution in [-0.4, -0.2) is 21.6 Å². The first-order valence-corrected chi connectivity index (χ1v) is 7.87. The molecule has 0 saturated heterocycles. The van der Waals surface area contributed by atoms with E-state index in [-0.39, 0.29) is 6.54 Å². The van der Waals surface area contributed by atoms with Crippen molar-refractivity contribution in [1.29, 1.82) is 0 Å². The van der Waals surface area contributed by atoms with Gasteiger partial charge in [-0.15, -0.1) is 0 Å². The molecule has 0 fully saturated rings. The van der Waals surface area contributed by atoms with Gasteiger partial charge in [0.05, 0.1) is 6.54 Å². The van der Waals surface area contributed by atoms with Crippen molar-refractivity contribution in [1.82, 2.24) is 4.90 Å². The van der Waals surface area contributed by atoms with Gasteiger partial charge in [-0.3, -0.25) is 4.90 Å². The van der Waals surface area contributed by atoms with Crippen molar-refractivity contribution in [2.75, 3.05) is 5.73 Å². The van der Waals surface area contributed by atoms with E-state index >= 15 is 0 Å². The predicted molar refractivity (Wildman–Crippen MR) is 95.7 cm³/mol. The van der Waals surface area contributed by atoms with Crippen LogP contribution in [0.5, 0.6) is 11.5 Å². The first kappa shape index (κ1) is 17.9. The molecule has 0 aliphatic heterocycles. The molecule has 0 spiro atoms. The molecule has 5 nitrogen and oxygen atoms in total. The van der Waals surface area contributed by atoms with Crippen molar-refractivity contribution in [3.63, 3.8) is 0 Å². The standard InChI is InChI=1S/C18H21ClN2O3/c1-18(2,3)21(17(22)23)11-12-9-15(7-8-16(12)20)24-14-6-4-5-13(19)10-14/h4-10H,11,20H2,1-3H3,(H,22,23). The summed E-state index contributed by atoms with van der Waals surface area (Å²) in [4.78, 5) is 12.8. The summed E-state index contributed by atoms with van der Waals surface area (Å²) in [7, 11) is 0. The van der Waals surface area contributed by atoms with Crippen LogP contribution in [-0.2, 0) is 6.54 Å². The van der Waals surface area contributed by atoms with E-state index in [1.54, 1.807) is 42.5 Å². The summed E-state index contributed by atoms with van der Waals surface area (Å²) in [6, 6.07) is 12.2. The molecular weight excluding hydrogens is 328 g/mol. The molecule has 0 atom stereocenters. The SMILES string of the molecule is CC(C)(C)N(Cc1cc(Oc2cccc(Cl)c2)ccc1N)C(=O)O. The number of nitrogen functional groups attached to an aromatic ring is 1. The fourth-order valence-electron chi connectivity index (χ4n) is 2.21. The largest absolute Gasteiger partial charge is 0.465 e. The van der Waals surface area contributed by atoms with Crippen molar-refractivity contribution in [3.8, 4) is 11.5 Å². The molecule has 0 radical (unpaired) electrons. The van der Waals surface area contributed by atoms with Gasteiger partial charge in [0.15, 0.2) is 0 Å². The third-order valence-electron chi connectivity index (χ3n) is 3.52. The quantitative estimate of drug-likeness (QED) is 0.763. The molecule has 1 amide bonds. The second kappa shape index (κ2) is 7.01. The number of amides is 1. The number of benzene rings is 2. The first-order chi connectivity index (χ1) is 11.2. The van der Waals surface area contributed by atoms with Gasteiger partial charge in [0.1, 0.15) is 11.5 Å². The van der Waals surface area contributed by atoms with Gasteiger partial charge in [-0.05, 0) is 62.7 Å². The lowest BCUT2D eigenvalue weighted by Gasteiger charge is -2.33. The lowest BCUT2D eigenvalue weighted by molar-refractivity contribution is 0.0956. The predicted octanol–water partition coefficient (Wildman–Crippen LogP) is 4.99. The number of anilines is 1. The molecule has 2 rings (SSSR count). The highest BCUT2D eigenvalue weighted by Crippen LogP contribution is 2.28. The highest BCUT2D eigenvalue weighted by molar-refractivity contribution is 6.30. The van der Waals surface area contributed by atoms with Crippen LogP contribution in [0.25, 0.3) is 0 Å². The van der Waals surface area contributed by atoms with Gasteiger partial charge in [0.2, 0.25) is 0 Å². The normalized spacial score (nSPS) is 11.2. The maximum atomic E-state index is 11.5. The Hall–Kier alpha value is -2.40. The molecule has 3 N–H and O–H groups in total. The number of halogens is 1. The van der Waals surface area contributed by atoms with Gasteiger partial charge in [-0.2, -0.15) is 0 Å². The molecule has 0 aromatic heterocycles. The molecule has 128 valence electrons. The number of carboxylic acid groups (broad SMARTS) is 1. The van der Waals surface area contributed by atoms with E-state index in [1.807, 2.05) is 20.8 Å². The van der Waals surface area contributed by atoms with Crippen molar-refractivity contribution >= 4 is 23.4 Å². The summed E-state index contributed by atoms with van der Waals surface area (Å²) >= 11 is 5.95. The third-order valence-corrected chi connectivity index (χ3v) is 3.75. The molecule has 0 saturated carbocycles. The lowest BCUT2D eigenvalue weighted by atomic mass is 10.0. The Balaban J connectivity index is 2.26. The molecule has 2 aromatic rings. The minimum absolute atomic E-state index is 0.178. The highest BCUT2D eigenvalue weighted by Gasteiger charge is 2.26. The smallest absolute Gasteiger partial charge is 0.408 e. The molecule has 6 heteroatoms. The maximum absolute atomic E-state index is 11.5. The monoisotopic (exact) mass is 348 g/mol. The van der Waals surface area contributed by atoms with E-state index in [4.69, 9.17) is 22.1 Å². The zero-order chi connectivity index (χ0) is 17.9. The molecule has 0 aliphatic carbocycles. The molecule has 0 bridgehead atoms. The van der Waals surface area contributed by atoms with Crippen molar-refractivity contribution < 1.29 is 14.6 Å². The average Bonchev–Trinajstić information content (AvgIpc) is 2.46. The number of nitrogens with two attached hydrogens (primary N) is 1. The topological polar surface area (TPSA) is 75.8 Å². The molecule has 0 aliphatic rings. The summed E-state index contributed by atoms with van der Waals surface area (Å²) < 4.78 is 5.78. The zero-order valence-corrected chi connectivity index (χ0v) is 14.7. The van der Waals surface area contributed by atoms with E-state index in [9.17, 15) is 9.90 Å². The van der Waals surface area contributed by atoms with Gasteiger partial charge < -0.3 is 15.6 Å². The number of carbonyl (C=O) groups is 1. The molecule has 0 unspecified atom stereocenters. The third kappa shape index (κ3) is 4.55. The first-order valence-electron chi connectivity index (χ1n) is 7.49. The van der Waals surface area contributed by atoms with Crippen LogP contribution in [0.4, 0.5) is 10.5 Å². The van der Waals surface area contributed by atoms with Gasteiger partial charge >= 0.3 is 6.09 Å². The fourth-order valence-corrected chi connectivity index (χ4v) is 2.39. The van der Waals surface area contributed by atoms with Crippen LogP contribution >= 0.6 is 11.6 Å². The Morgan fingerprint density at radius 2 is 1.88 bits per heavy atom. The Morgan fingerprint density at radius 3 is 2.46 bits per heavy atom. The zero-order valence-electron chi connectivity index (χ0n) is 13.9. The van der Waals surface area contributed by atoms with E-state index in [2.05, 4.69) is 0 Å². The van der Waals surface area contributed by atoms with Gasteiger partial charge in [0.25, 0.3) is 0 Å². The number of hydrogen-bond donors (Lipinski definition) is 2. The van der Waals surface area contributed by atoms with Crippen LogP contribution in [0, 0.1) is 0 Å². The summed E-state index contributed by atoms with van der Waals surface area (Å²) in [5.74, 6) is 1.17. The summed E-state index contributed by atoms with van der Waals surface area (Å²) in [6.07, 6.45) is -0.997. The van der Waals surface area contributed by atoms with Gasteiger partial charge in [0, 0.05) is 16.2 Å². The van der Waals surface area contributed by atoms with Crippen LogP contribution in [0.3, 0.4) is 0 Å². The van der Waals surface area contributed by atoms with Crippen LogP contribution in [0.15, 0.2) is 42.5 Å². The van der Waals surface area contributed by atoms with Gasteiger partial charge in [-0.25, -0.2) is 4.79 Å². The lowest BCUT2D eigenvalue weighted by Crippen LogP contribution is -2.44. The Kier molecular flexibility index (Phi) is 5.24. The van der Waals surface area contributed by atoms with Crippen molar-refractivity contribution in [2.45, 2.75) is 32.9 Å². The van der Waals surface area contributed by atoms with E-state index < -0.39 is 11.6 Å². The number of rotatable bonds is 4. The summed E-state index contributed by atoms with van der Waals surface area (Å²) in [6.45, 7) is 5.69. The molecule has 24 heavy (non-hydrogen) atoms. The number of hydrogen-bond acceptors (Lipinski definition) is 3. The molecule has 0 heterocycles. The van der Waals surface area contributed by atoms with Gasteiger partial charge in [-0.1, -0.05) is 17.7 Å². The van der Waals surface area contributed by atoms with Crippen LogP contribution in [0.1, 0.15) is 26.3 Å². The average molecular weight is 349 g/mol. The van der Waals surface area contributed by atoms with Crippen molar-refractivity contribution in [3.05, 3.63) is 53.1 Å². The van der Waals surface area contributed by atoms with E-state index in [1.165, 1.54) is 4.90 Å². The Morgan fingerprint density at radius 1 is 1.21 bits per heavy atom. The molecule has 2 aromatic carbocycles. The number of nitrogens with zero attached hydrogens (tertiary/aromatic N) is 1. The summed E-state index contributed by atoms with van der Waals surface area (Å²) in [5.41, 5.74) is 6.67. The van der Waals surface area contributed by atoms with Crippen LogP contribution in [0.2, 0.25) is 5.02 Å².